The first kappa shape index (κ1) is 14.9. The predicted molar refractivity (Wildman–Crippen MR) is 88.5 cm³/mol. The molecule has 0 amide bonds. The van der Waals surface area contributed by atoms with Crippen LogP contribution in [0.1, 0.15) is 43.9 Å². The average Bonchev–Trinajstić information content (AvgIpc) is 2.47. The van der Waals surface area contributed by atoms with Gasteiger partial charge in [0.2, 0.25) is 0 Å². The van der Waals surface area contributed by atoms with Gasteiger partial charge in [0.25, 0.3) is 0 Å². The molecule has 0 aliphatic carbocycles. The van der Waals surface area contributed by atoms with Crippen molar-refractivity contribution in [3.63, 3.8) is 0 Å². The second-order valence-electron chi connectivity index (χ2n) is 5.11. The summed E-state index contributed by atoms with van der Waals surface area (Å²) in [5.41, 5.74) is 3.79. The van der Waals surface area contributed by atoms with Crippen LogP contribution in [0.3, 0.4) is 0 Å². The molecule has 1 atom stereocenters. The van der Waals surface area contributed by atoms with Crippen LogP contribution in [-0.4, -0.2) is 0 Å². The maximum absolute atomic E-state index is 6.08. The summed E-state index contributed by atoms with van der Waals surface area (Å²) in [6.45, 7) is 4.39. The minimum absolute atomic E-state index is 0.297. The minimum atomic E-state index is 0.297. The Morgan fingerprint density at radius 2 is 1.80 bits per heavy atom. The van der Waals surface area contributed by atoms with E-state index in [-0.39, 0.29) is 0 Å². The molecule has 0 aromatic heterocycles. The molecule has 0 bridgehead atoms. The number of rotatable bonds is 6. The molecule has 2 aromatic carbocycles. The van der Waals surface area contributed by atoms with Crippen molar-refractivity contribution in [2.75, 3.05) is 5.32 Å². The Hall–Kier alpha value is -1.47. The van der Waals surface area contributed by atoms with Crippen LogP contribution in [0.5, 0.6) is 0 Å². The molecule has 2 heteroatoms. The molecule has 2 rings (SSSR count). The van der Waals surface area contributed by atoms with Crippen molar-refractivity contribution in [1.82, 2.24) is 0 Å². The van der Waals surface area contributed by atoms with Crippen LogP contribution in [0.4, 0.5) is 5.69 Å². The van der Waals surface area contributed by atoms with E-state index in [0.717, 1.165) is 23.6 Å². The fourth-order valence-corrected chi connectivity index (χ4v) is 2.60. The van der Waals surface area contributed by atoms with Gasteiger partial charge in [-0.15, -0.1) is 0 Å². The molecule has 1 unspecified atom stereocenters. The summed E-state index contributed by atoms with van der Waals surface area (Å²) < 4.78 is 0. The van der Waals surface area contributed by atoms with Crippen LogP contribution in [0.2, 0.25) is 5.02 Å². The zero-order chi connectivity index (χ0) is 14.4. The van der Waals surface area contributed by atoms with Gasteiger partial charge < -0.3 is 5.32 Å². The monoisotopic (exact) mass is 287 g/mol. The Morgan fingerprint density at radius 1 is 1.05 bits per heavy atom. The van der Waals surface area contributed by atoms with E-state index in [1.807, 2.05) is 18.2 Å². The fraction of sp³-hybridized carbons (Fsp3) is 0.333. The van der Waals surface area contributed by atoms with Gasteiger partial charge >= 0.3 is 0 Å². The average molecular weight is 288 g/mol. The molecule has 106 valence electrons. The highest BCUT2D eigenvalue weighted by Gasteiger charge is 2.09. The summed E-state index contributed by atoms with van der Waals surface area (Å²) in [7, 11) is 0. The summed E-state index contributed by atoms with van der Waals surface area (Å²) in [4.78, 5) is 0. The second kappa shape index (κ2) is 7.35. The summed E-state index contributed by atoms with van der Waals surface area (Å²) in [6, 6.07) is 17.1. The van der Waals surface area contributed by atoms with Crippen LogP contribution >= 0.6 is 11.6 Å². The van der Waals surface area contributed by atoms with Gasteiger partial charge in [-0.05, 0) is 48.2 Å². The van der Waals surface area contributed by atoms with E-state index in [1.165, 1.54) is 17.5 Å². The summed E-state index contributed by atoms with van der Waals surface area (Å²) in [6.07, 6.45) is 3.36. The lowest BCUT2D eigenvalue weighted by molar-refractivity contribution is 0.749. The highest BCUT2D eigenvalue weighted by atomic mass is 35.5. The smallest absolute Gasteiger partial charge is 0.0511 e. The van der Waals surface area contributed by atoms with Gasteiger partial charge in [0, 0.05) is 10.7 Å². The van der Waals surface area contributed by atoms with E-state index >= 15 is 0 Å². The molecule has 1 nitrogen and oxygen atoms in total. The Morgan fingerprint density at radius 3 is 2.40 bits per heavy atom. The van der Waals surface area contributed by atoms with Crippen molar-refractivity contribution in [2.45, 2.75) is 39.2 Å². The highest BCUT2D eigenvalue weighted by molar-refractivity contribution is 6.30. The van der Waals surface area contributed by atoms with Crippen molar-refractivity contribution in [3.05, 3.63) is 64.7 Å². The maximum atomic E-state index is 6.08. The maximum Gasteiger partial charge on any atom is 0.0511 e. The lowest BCUT2D eigenvalue weighted by Crippen LogP contribution is -2.09. The molecule has 0 heterocycles. The number of hydrogen-bond donors (Lipinski definition) is 1. The topological polar surface area (TPSA) is 12.0 Å². The van der Waals surface area contributed by atoms with E-state index in [9.17, 15) is 0 Å². The number of anilines is 1. The number of nitrogens with one attached hydrogen (secondary N) is 1. The van der Waals surface area contributed by atoms with Crippen molar-refractivity contribution in [2.24, 2.45) is 0 Å². The number of hydrogen-bond acceptors (Lipinski definition) is 1. The largest absolute Gasteiger partial charge is 0.378 e. The van der Waals surface area contributed by atoms with Crippen molar-refractivity contribution in [3.8, 4) is 0 Å². The summed E-state index contributed by atoms with van der Waals surface area (Å²) >= 11 is 6.08. The molecular weight excluding hydrogens is 266 g/mol. The third-order valence-corrected chi connectivity index (χ3v) is 3.73. The van der Waals surface area contributed by atoms with Gasteiger partial charge in [-0.1, -0.05) is 56.1 Å². The van der Waals surface area contributed by atoms with Gasteiger partial charge in [0.15, 0.2) is 0 Å². The van der Waals surface area contributed by atoms with Crippen LogP contribution < -0.4 is 5.32 Å². The molecule has 0 spiro atoms. The van der Waals surface area contributed by atoms with E-state index in [1.54, 1.807) is 0 Å². The van der Waals surface area contributed by atoms with E-state index in [2.05, 4.69) is 49.5 Å². The summed E-state index contributed by atoms with van der Waals surface area (Å²) in [5.74, 6) is 0. The van der Waals surface area contributed by atoms with Gasteiger partial charge in [-0.3, -0.25) is 0 Å². The number of halogens is 1. The van der Waals surface area contributed by atoms with Gasteiger partial charge in [-0.25, -0.2) is 0 Å². The van der Waals surface area contributed by atoms with Crippen molar-refractivity contribution >= 4 is 17.3 Å². The SMILES string of the molecule is CCCc1ccc(NC(CC)c2cccc(Cl)c2)cc1. The Kier molecular flexibility index (Phi) is 5.49. The lowest BCUT2D eigenvalue weighted by atomic mass is 10.0. The third-order valence-electron chi connectivity index (χ3n) is 3.49. The Labute approximate surface area is 127 Å². The molecule has 2 aromatic rings. The molecule has 0 aliphatic rings. The molecule has 0 saturated carbocycles. The molecule has 0 saturated heterocycles. The van der Waals surface area contributed by atoms with E-state index < -0.39 is 0 Å². The zero-order valence-electron chi connectivity index (χ0n) is 12.2. The van der Waals surface area contributed by atoms with Crippen molar-refractivity contribution in [1.29, 1.82) is 0 Å². The summed E-state index contributed by atoms with van der Waals surface area (Å²) in [5, 5.41) is 4.38. The van der Waals surface area contributed by atoms with Gasteiger partial charge in [0.05, 0.1) is 6.04 Å². The zero-order valence-corrected chi connectivity index (χ0v) is 13.0. The first-order valence-corrected chi connectivity index (χ1v) is 7.71. The molecule has 0 radical (unpaired) electrons. The first-order valence-electron chi connectivity index (χ1n) is 7.34. The van der Waals surface area contributed by atoms with Gasteiger partial charge in [-0.2, -0.15) is 0 Å². The Bertz CT molecular complexity index is 533. The fourth-order valence-electron chi connectivity index (χ4n) is 2.40. The van der Waals surface area contributed by atoms with Crippen LogP contribution in [0, 0.1) is 0 Å². The molecule has 1 N–H and O–H groups in total. The Balaban J connectivity index is 2.09. The standard InChI is InChI=1S/C18H22ClN/c1-3-6-14-9-11-17(12-10-14)20-18(4-2)15-7-5-8-16(19)13-15/h5,7-13,18,20H,3-4,6H2,1-2H3. The van der Waals surface area contributed by atoms with Crippen LogP contribution in [-0.2, 0) is 6.42 Å². The molecular formula is C18H22ClN. The highest BCUT2D eigenvalue weighted by Crippen LogP contribution is 2.25. The first-order chi connectivity index (χ1) is 9.72. The third kappa shape index (κ3) is 4.01. The molecule has 0 aliphatic heterocycles. The number of benzene rings is 2. The molecule has 0 fully saturated rings. The number of aryl methyl sites for hydroxylation is 1. The van der Waals surface area contributed by atoms with Crippen LogP contribution in [0.25, 0.3) is 0 Å². The predicted octanol–water partition coefficient (Wildman–Crippen LogP) is 5.86. The van der Waals surface area contributed by atoms with Crippen LogP contribution in [0.15, 0.2) is 48.5 Å². The quantitative estimate of drug-likeness (QED) is 0.702. The van der Waals surface area contributed by atoms with Gasteiger partial charge in [0.1, 0.15) is 0 Å². The minimum Gasteiger partial charge on any atom is -0.378 e. The normalized spacial score (nSPS) is 12.2. The second-order valence-corrected chi connectivity index (χ2v) is 5.54. The van der Waals surface area contributed by atoms with E-state index in [4.69, 9.17) is 11.6 Å². The lowest BCUT2D eigenvalue weighted by Gasteiger charge is -2.19. The van der Waals surface area contributed by atoms with E-state index in [0.29, 0.717) is 6.04 Å². The molecule has 20 heavy (non-hydrogen) atoms. The van der Waals surface area contributed by atoms with Crippen molar-refractivity contribution < 1.29 is 0 Å².